The Balaban J connectivity index is 3.33. The lowest BCUT2D eigenvalue weighted by Gasteiger charge is -2.19. The molecule has 1 rings (SSSR count). The maximum absolute atomic E-state index is 12.1. The number of nitrogens with zero attached hydrogens (tertiary/aromatic N) is 2. The highest BCUT2D eigenvalue weighted by Crippen LogP contribution is 2.13. The number of aliphatic hydroxyl groups is 1. The summed E-state index contributed by atoms with van der Waals surface area (Å²) < 4.78 is 2.44. The maximum atomic E-state index is 12.1. The highest BCUT2D eigenvalue weighted by Gasteiger charge is 2.17. The maximum Gasteiger partial charge on any atom is 0.332 e. The first-order valence-corrected chi connectivity index (χ1v) is 6.94. The molecule has 0 spiro atoms. The summed E-state index contributed by atoms with van der Waals surface area (Å²) in [6.07, 6.45) is 2.37. The number of aromatic nitrogens is 2. The Kier molecular flexibility index (Phi) is 5.82. The molecule has 1 atom stereocenters. The minimum Gasteiger partial charge on any atom is -0.394 e. The third kappa shape index (κ3) is 3.22. The molecule has 0 aliphatic heterocycles. The molecule has 0 saturated carbocycles. The zero-order valence-electron chi connectivity index (χ0n) is 12.3. The van der Waals surface area contributed by atoms with Crippen molar-refractivity contribution in [3.63, 3.8) is 0 Å². The predicted octanol–water partition coefficient (Wildman–Crippen LogP) is 0.112. The van der Waals surface area contributed by atoms with Crippen LogP contribution in [0.2, 0.25) is 0 Å². The lowest BCUT2D eigenvalue weighted by Crippen LogP contribution is -2.42. The van der Waals surface area contributed by atoms with E-state index in [1.54, 1.807) is 0 Å². The van der Waals surface area contributed by atoms with Crippen LogP contribution in [0, 0.1) is 0 Å². The molecule has 1 unspecified atom stereocenters. The quantitative estimate of drug-likeness (QED) is 0.659. The van der Waals surface area contributed by atoms with Crippen LogP contribution in [0.15, 0.2) is 9.59 Å². The second kappa shape index (κ2) is 7.14. The Hall–Kier alpha value is -1.76. The number of hydrogen-bond donors (Lipinski definition) is 3. The number of aliphatic hydroxyl groups excluding tert-OH is 1. The zero-order chi connectivity index (χ0) is 15.3. The van der Waals surface area contributed by atoms with Crippen molar-refractivity contribution in [1.82, 2.24) is 9.13 Å². The minimum absolute atomic E-state index is 0.104. The fraction of sp³-hybridized carbons (Fsp3) is 0.692. The van der Waals surface area contributed by atoms with Crippen LogP contribution in [0.5, 0.6) is 0 Å². The SMILES string of the molecule is CCCCn1c(N)c(NC(CC)CO)c(=O)n(C)c1=O. The van der Waals surface area contributed by atoms with Gasteiger partial charge in [-0.05, 0) is 12.8 Å². The number of unbranched alkanes of at least 4 members (excludes halogenated alkanes) is 1. The van der Waals surface area contributed by atoms with Gasteiger partial charge in [0.2, 0.25) is 0 Å². The van der Waals surface area contributed by atoms with E-state index in [-0.39, 0.29) is 24.2 Å². The average Bonchev–Trinajstić information content (AvgIpc) is 2.45. The van der Waals surface area contributed by atoms with Gasteiger partial charge in [-0.3, -0.25) is 13.9 Å². The molecule has 0 aliphatic carbocycles. The molecule has 0 radical (unpaired) electrons. The lowest BCUT2D eigenvalue weighted by atomic mass is 10.2. The molecule has 0 aliphatic rings. The first-order chi connectivity index (χ1) is 9.47. The van der Waals surface area contributed by atoms with Crippen LogP contribution in [-0.2, 0) is 13.6 Å². The molecule has 0 saturated heterocycles. The average molecular weight is 284 g/mol. The summed E-state index contributed by atoms with van der Waals surface area (Å²) in [5.41, 5.74) is 5.26. The number of nitrogen functional groups attached to an aromatic ring is 1. The lowest BCUT2D eigenvalue weighted by molar-refractivity contribution is 0.271. The molecule has 0 amide bonds. The van der Waals surface area contributed by atoms with Crippen LogP contribution in [-0.4, -0.2) is 26.9 Å². The van der Waals surface area contributed by atoms with Gasteiger partial charge in [0.1, 0.15) is 11.5 Å². The molecule has 114 valence electrons. The Morgan fingerprint density at radius 2 is 2.00 bits per heavy atom. The predicted molar refractivity (Wildman–Crippen MR) is 80.1 cm³/mol. The van der Waals surface area contributed by atoms with Gasteiger partial charge in [-0.2, -0.15) is 0 Å². The Morgan fingerprint density at radius 3 is 2.50 bits per heavy atom. The highest BCUT2D eigenvalue weighted by molar-refractivity contribution is 5.61. The van der Waals surface area contributed by atoms with Crippen LogP contribution in [0.1, 0.15) is 33.1 Å². The third-order valence-corrected chi connectivity index (χ3v) is 3.38. The molecule has 7 nitrogen and oxygen atoms in total. The summed E-state index contributed by atoms with van der Waals surface area (Å²) in [5.74, 6) is 0.137. The van der Waals surface area contributed by atoms with Crippen molar-refractivity contribution in [3.8, 4) is 0 Å². The van der Waals surface area contributed by atoms with Gasteiger partial charge in [0, 0.05) is 19.6 Å². The van der Waals surface area contributed by atoms with Gasteiger partial charge in [-0.15, -0.1) is 0 Å². The van der Waals surface area contributed by atoms with Crippen molar-refractivity contribution in [2.75, 3.05) is 17.7 Å². The summed E-state index contributed by atoms with van der Waals surface area (Å²) in [6, 6.07) is -0.262. The monoisotopic (exact) mass is 284 g/mol. The van der Waals surface area contributed by atoms with Gasteiger partial charge in [0.25, 0.3) is 5.56 Å². The smallest absolute Gasteiger partial charge is 0.332 e. The van der Waals surface area contributed by atoms with Crippen LogP contribution in [0.25, 0.3) is 0 Å². The first-order valence-electron chi connectivity index (χ1n) is 6.94. The van der Waals surface area contributed by atoms with E-state index in [0.717, 1.165) is 17.4 Å². The van der Waals surface area contributed by atoms with E-state index in [1.807, 2.05) is 13.8 Å². The van der Waals surface area contributed by atoms with Crippen molar-refractivity contribution in [3.05, 3.63) is 20.8 Å². The van der Waals surface area contributed by atoms with E-state index in [1.165, 1.54) is 11.6 Å². The summed E-state index contributed by atoms with van der Waals surface area (Å²) in [5, 5.41) is 12.2. The normalized spacial score (nSPS) is 12.4. The van der Waals surface area contributed by atoms with E-state index in [9.17, 15) is 14.7 Å². The van der Waals surface area contributed by atoms with E-state index < -0.39 is 11.2 Å². The van der Waals surface area contributed by atoms with E-state index in [2.05, 4.69) is 5.32 Å². The molecule has 20 heavy (non-hydrogen) atoms. The van der Waals surface area contributed by atoms with Crippen LogP contribution in [0.3, 0.4) is 0 Å². The molecule has 1 aromatic heterocycles. The zero-order valence-corrected chi connectivity index (χ0v) is 12.3. The van der Waals surface area contributed by atoms with Gasteiger partial charge in [-0.25, -0.2) is 4.79 Å². The fourth-order valence-corrected chi connectivity index (χ4v) is 1.93. The van der Waals surface area contributed by atoms with Gasteiger partial charge in [0.05, 0.1) is 6.61 Å². The van der Waals surface area contributed by atoms with Gasteiger partial charge >= 0.3 is 5.69 Å². The minimum atomic E-state index is -0.466. The summed E-state index contributed by atoms with van der Waals surface area (Å²) >= 11 is 0. The third-order valence-electron chi connectivity index (χ3n) is 3.38. The second-order valence-electron chi connectivity index (χ2n) is 4.84. The van der Waals surface area contributed by atoms with Gasteiger partial charge in [0.15, 0.2) is 0 Å². The second-order valence-corrected chi connectivity index (χ2v) is 4.84. The highest BCUT2D eigenvalue weighted by atomic mass is 16.3. The first kappa shape index (κ1) is 16.3. The van der Waals surface area contributed by atoms with Crippen LogP contribution >= 0.6 is 0 Å². The van der Waals surface area contributed by atoms with Crippen LogP contribution < -0.4 is 22.3 Å². The van der Waals surface area contributed by atoms with Crippen molar-refractivity contribution < 1.29 is 5.11 Å². The largest absolute Gasteiger partial charge is 0.394 e. The number of anilines is 2. The Morgan fingerprint density at radius 1 is 1.35 bits per heavy atom. The molecule has 1 aromatic rings. The van der Waals surface area contributed by atoms with E-state index in [4.69, 9.17) is 5.73 Å². The number of nitrogens with two attached hydrogens (primary N) is 1. The summed E-state index contributed by atoms with van der Waals surface area (Å²) in [4.78, 5) is 24.2. The van der Waals surface area contributed by atoms with Gasteiger partial charge < -0.3 is 16.2 Å². The standard InChI is InChI=1S/C13H24N4O3/c1-4-6-7-17-11(14)10(15-9(5-2)8-18)12(19)16(3)13(17)20/h9,15,18H,4-8,14H2,1-3H3. The summed E-state index contributed by atoms with van der Waals surface area (Å²) in [7, 11) is 1.43. The number of hydrogen-bond acceptors (Lipinski definition) is 5. The molecule has 0 aromatic carbocycles. The molecule has 0 fully saturated rings. The molecule has 0 bridgehead atoms. The topological polar surface area (TPSA) is 102 Å². The Labute approximate surface area is 118 Å². The Bertz CT molecular complexity index is 558. The van der Waals surface area contributed by atoms with Crippen molar-refractivity contribution in [2.45, 2.75) is 45.7 Å². The van der Waals surface area contributed by atoms with E-state index >= 15 is 0 Å². The van der Waals surface area contributed by atoms with E-state index in [0.29, 0.717) is 13.0 Å². The van der Waals surface area contributed by atoms with Gasteiger partial charge in [-0.1, -0.05) is 20.3 Å². The van der Waals surface area contributed by atoms with Crippen molar-refractivity contribution in [1.29, 1.82) is 0 Å². The molecule has 1 heterocycles. The van der Waals surface area contributed by atoms with Crippen LogP contribution in [0.4, 0.5) is 11.5 Å². The van der Waals surface area contributed by atoms with Crippen molar-refractivity contribution >= 4 is 11.5 Å². The fourth-order valence-electron chi connectivity index (χ4n) is 1.93. The summed E-state index contributed by atoms with van der Waals surface area (Å²) in [6.45, 7) is 4.27. The van der Waals surface area contributed by atoms with Crippen molar-refractivity contribution in [2.24, 2.45) is 7.05 Å². The number of nitrogens with one attached hydrogen (secondary N) is 1. The molecule has 4 N–H and O–H groups in total. The molecule has 7 heteroatoms. The number of rotatable bonds is 7. The molecular formula is C13H24N4O3. The molecular weight excluding hydrogens is 260 g/mol.